The van der Waals surface area contributed by atoms with Gasteiger partial charge in [-0.05, 0) is 39.8 Å². The van der Waals surface area contributed by atoms with Crippen LogP contribution in [0.3, 0.4) is 0 Å². The Balaban J connectivity index is 2.29. The van der Waals surface area contributed by atoms with Gasteiger partial charge in [0.25, 0.3) is 0 Å². The lowest BCUT2D eigenvalue weighted by atomic mass is 9.99. The minimum Gasteiger partial charge on any atom is -0.350 e. The first-order valence-electron chi connectivity index (χ1n) is 6.03. The fourth-order valence-electron chi connectivity index (χ4n) is 1.66. The second-order valence-corrected chi connectivity index (χ2v) is 5.78. The minimum absolute atomic E-state index is 0.0422. The number of nitrogens with one attached hydrogen (secondary N) is 2. The summed E-state index contributed by atoms with van der Waals surface area (Å²) in [5, 5.41) is 5.97. The maximum absolute atomic E-state index is 11.8. The SMILES string of the molecule is CN(CC(=O)NC(C)(C)C)C(=O)CC1CNC1. The Labute approximate surface area is 103 Å². The molecule has 1 heterocycles. The summed E-state index contributed by atoms with van der Waals surface area (Å²) in [4.78, 5) is 24.9. The summed E-state index contributed by atoms with van der Waals surface area (Å²) in [6.45, 7) is 7.73. The van der Waals surface area contributed by atoms with E-state index >= 15 is 0 Å². The fraction of sp³-hybridized carbons (Fsp3) is 0.833. The number of hydrogen-bond donors (Lipinski definition) is 2. The highest BCUT2D eigenvalue weighted by Gasteiger charge is 2.23. The summed E-state index contributed by atoms with van der Waals surface area (Å²) in [7, 11) is 1.68. The summed E-state index contributed by atoms with van der Waals surface area (Å²) in [6.07, 6.45) is 0.534. The van der Waals surface area contributed by atoms with E-state index in [1.807, 2.05) is 20.8 Å². The second kappa shape index (κ2) is 5.49. The largest absolute Gasteiger partial charge is 0.350 e. The number of carbonyl (C=O) groups is 2. The van der Waals surface area contributed by atoms with Crippen molar-refractivity contribution in [2.24, 2.45) is 5.92 Å². The van der Waals surface area contributed by atoms with Gasteiger partial charge in [0, 0.05) is 19.0 Å². The van der Waals surface area contributed by atoms with Crippen LogP contribution < -0.4 is 10.6 Å². The van der Waals surface area contributed by atoms with Crippen LogP contribution in [0.4, 0.5) is 0 Å². The molecule has 2 amide bonds. The smallest absolute Gasteiger partial charge is 0.240 e. The molecule has 0 aromatic rings. The molecule has 0 atom stereocenters. The van der Waals surface area contributed by atoms with Gasteiger partial charge >= 0.3 is 0 Å². The standard InChI is InChI=1S/C12H23N3O2/c1-12(2,3)14-10(16)8-15(4)11(17)5-9-6-13-7-9/h9,13H,5-8H2,1-4H3,(H,14,16). The topological polar surface area (TPSA) is 61.4 Å². The fourth-order valence-corrected chi connectivity index (χ4v) is 1.66. The Hall–Kier alpha value is -1.10. The molecule has 0 aromatic heterocycles. The van der Waals surface area contributed by atoms with E-state index < -0.39 is 0 Å². The molecule has 0 unspecified atom stereocenters. The number of amides is 2. The molecule has 2 N–H and O–H groups in total. The lowest BCUT2D eigenvalue weighted by Gasteiger charge is -2.29. The summed E-state index contributed by atoms with van der Waals surface area (Å²) < 4.78 is 0. The van der Waals surface area contributed by atoms with Crippen molar-refractivity contribution in [2.45, 2.75) is 32.7 Å². The molecular weight excluding hydrogens is 218 g/mol. The molecule has 0 aliphatic carbocycles. The van der Waals surface area contributed by atoms with Gasteiger partial charge in [0.05, 0.1) is 6.54 Å². The normalized spacial score (nSPS) is 16.2. The molecule has 17 heavy (non-hydrogen) atoms. The highest BCUT2D eigenvalue weighted by atomic mass is 16.2. The van der Waals surface area contributed by atoms with Crippen LogP contribution in [-0.2, 0) is 9.59 Å². The van der Waals surface area contributed by atoms with Gasteiger partial charge < -0.3 is 15.5 Å². The molecule has 0 aromatic carbocycles. The van der Waals surface area contributed by atoms with Gasteiger partial charge in [-0.1, -0.05) is 0 Å². The first-order valence-corrected chi connectivity index (χ1v) is 6.03. The molecule has 1 fully saturated rings. The lowest BCUT2D eigenvalue weighted by Crippen LogP contribution is -2.48. The maximum Gasteiger partial charge on any atom is 0.240 e. The van der Waals surface area contributed by atoms with E-state index in [2.05, 4.69) is 10.6 Å². The van der Waals surface area contributed by atoms with E-state index in [1.54, 1.807) is 7.05 Å². The Morgan fingerprint density at radius 2 is 1.94 bits per heavy atom. The first kappa shape index (κ1) is 14.0. The lowest BCUT2D eigenvalue weighted by molar-refractivity contribution is -0.136. The Morgan fingerprint density at radius 3 is 2.35 bits per heavy atom. The van der Waals surface area contributed by atoms with E-state index in [0.29, 0.717) is 12.3 Å². The van der Waals surface area contributed by atoms with Crippen molar-refractivity contribution in [2.75, 3.05) is 26.7 Å². The van der Waals surface area contributed by atoms with Gasteiger partial charge in [-0.2, -0.15) is 0 Å². The molecule has 0 bridgehead atoms. The van der Waals surface area contributed by atoms with Crippen LogP contribution >= 0.6 is 0 Å². The number of rotatable bonds is 4. The van der Waals surface area contributed by atoms with Gasteiger partial charge in [-0.15, -0.1) is 0 Å². The van der Waals surface area contributed by atoms with E-state index in [9.17, 15) is 9.59 Å². The Bertz CT molecular complexity index is 293. The molecule has 1 aliphatic heterocycles. The van der Waals surface area contributed by atoms with Crippen molar-refractivity contribution < 1.29 is 9.59 Å². The van der Waals surface area contributed by atoms with Crippen LogP contribution in [0.15, 0.2) is 0 Å². The molecule has 0 spiro atoms. The van der Waals surface area contributed by atoms with E-state index in [0.717, 1.165) is 13.1 Å². The quantitative estimate of drug-likeness (QED) is 0.726. The average molecular weight is 241 g/mol. The zero-order valence-corrected chi connectivity index (χ0v) is 11.2. The van der Waals surface area contributed by atoms with Gasteiger partial charge in [-0.25, -0.2) is 0 Å². The molecule has 0 saturated carbocycles. The van der Waals surface area contributed by atoms with Crippen LogP contribution in [0.25, 0.3) is 0 Å². The van der Waals surface area contributed by atoms with Crippen molar-refractivity contribution in [3.05, 3.63) is 0 Å². The van der Waals surface area contributed by atoms with Crippen LogP contribution in [0, 0.1) is 5.92 Å². The molecule has 98 valence electrons. The van der Waals surface area contributed by atoms with E-state index in [-0.39, 0.29) is 23.9 Å². The van der Waals surface area contributed by atoms with Crippen LogP contribution in [-0.4, -0.2) is 48.9 Å². The third-order valence-electron chi connectivity index (χ3n) is 2.65. The number of carbonyl (C=O) groups excluding carboxylic acids is 2. The number of hydrogen-bond acceptors (Lipinski definition) is 3. The maximum atomic E-state index is 11.8. The predicted octanol–water partition coefficient (Wildman–Crippen LogP) is -0.0310. The van der Waals surface area contributed by atoms with Gasteiger partial charge in [0.1, 0.15) is 0 Å². The van der Waals surface area contributed by atoms with Crippen molar-refractivity contribution in [1.29, 1.82) is 0 Å². The molecular formula is C12H23N3O2. The zero-order valence-electron chi connectivity index (χ0n) is 11.2. The third-order valence-corrected chi connectivity index (χ3v) is 2.65. The average Bonchev–Trinajstić information content (AvgIpc) is 2.07. The van der Waals surface area contributed by atoms with Gasteiger partial charge in [0.15, 0.2) is 0 Å². The summed E-state index contributed by atoms with van der Waals surface area (Å²) in [6, 6.07) is 0. The first-order chi connectivity index (χ1) is 7.78. The highest BCUT2D eigenvalue weighted by Crippen LogP contribution is 2.09. The van der Waals surface area contributed by atoms with Crippen molar-refractivity contribution in [1.82, 2.24) is 15.5 Å². The van der Waals surface area contributed by atoms with Crippen LogP contribution in [0.5, 0.6) is 0 Å². The highest BCUT2D eigenvalue weighted by molar-refractivity contribution is 5.85. The van der Waals surface area contributed by atoms with E-state index in [4.69, 9.17) is 0 Å². The van der Waals surface area contributed by atoms with Gasteiger partial charge in [0.2, 0.25) is 11.8 Å². The van der Waals surface area contributed by atoms with Gasteiger partial charge in [-0.3, -0.25) is 9.59 Å². The number of likely N-dealkylation sites (N-methyl/N-ethyl adjacent to an activating group) is 1. The molecule has 1 aliphatic rings. The molecule has 1 rings (SSSR count). The zero-order chi connectivity index (χ0) is 13.1. The predicted molar refractivity (Wildman–Crippen MR) is 66.5 cm³/mol. The van der Waals surface area contributed by atoms with E-state index in [1.165, 1.54) is 4.90 Å². The monoisotopic (exact) mass is 241 g/mol. The van der Waals surface area contributed by atoms with Crippen molar-refractivity contribution in [3.8, 4) is 0 Å². The summed E-state index contributed by atoms with van der Waals surface area (Å²) in [5.74, 6) is 0.372. The molecule has 1 saturated heterocycles. The number of nitrogens with zero attached hydrogens (tertiary/aromatic N) is 1. The Morgan fingerprint density at radius 1 is 1.35 bits per heavy atom. The minimum atomic E-state index is -0.251. The summed E-state index contributed by atoms with van der Waals surface area (Å²) in [5.41, 5.74) is -0.251. The van der Waals surface area contributed by atoms with Crippen LogP contribution in [0.2, 0.25) is 0 Å². The van der Waals surface area contributed by atoms with Crippen molar-refractivity contribution >= 4 is 11.8 Å². The molecule has 5 heteroatoms. The summed E-state index contributed by atoms with van der Waals surface area (Å²) >= 11 is 0. The second-order valence-electron chi connectivity index (χ2n) is 5.78. The molecule has 0 radical (unpaired) electrons. The van der Waals surface area contributed by atoms with Crippen molar-refractivity contribution in [3.63, 3.8) is 0 Å². The third kappa shape index (κ3) is 5.17. The Kier molecular flexibility index (Phi) is 4.51. The van der Waals surface area contributed by atoms with Crippen LogP contribution in [0.1, 0.15) is 27.2 Å². The molecule has 5 nitrogen and oxygen atoms in total.